The molecular weight excluding hydrogens is 566 g/mol. The maximum absolute atomic E-state index is 14.0. The maximum Gasteiger partial charge on any atom is 0.246 e. The van der Waals surface area contributed by atoms with Gasteiger partial charge in [-0.05, 0) is 63.8 Å². The maximum atomic E-state index is 14.0. The monoisotopic (exact) mass is 607 g/mol. The van der Waals surface area contributed by atoms with Crippen LogP contribution in [0.5, 0.6) is 5.75 Å². The molecule has 3 saturated heterocycles. The van der Waals surface area contributed by atoms with E-state index in [-0.39, 0.29) is 35.2 Å². The molecule has 0 radical (unpaired) electrons. The van der Waals surface area contributed by atoms with Crippen molar-refractivity contribution in [1.29, 1.82) is 0 Å². The number of alkyl halides is 1. The first-order chi connectivity index (χ1) is 18.8. The first-order valence-electron chi connectivity index (χ1n) is 14.3. The summed E-state index contributed by atoms with van der Waals surface area (Å²) in [5.74, 6) is -1.41. The van der Waals surface area contributed by atoms with Crippen LogP contribution in [0.15, 0.2) is 24.3 Å². The Morgan fingerprint density at radius 3 is 2.56 bits per heavy atom. The quantitative estimate of drug-likeness (QED) is 0.220. The molecule has 0 aliphatic carbocycles. The van der Waals surface area contributed by atoms with Gasteiger partial charge in [-0.3, -0.25) is 14.4 Å². The van der Waals surface area contributed by atoms with Crippen molar-refractivity contribution in [3.63, 3.8) is 0 Å². The Hall–Kier alpha value is -2.17. The Morgan fingerprint density at radius 1 is 1.18 bits per heavy atom. The molecule has 1 aromatic carbocycles. The number of nitrogens with zero attached hydrogens (tertiary/aromatic N) is 1. The topological polar surface area (TPSA) is 117 Å². The first-order valence-corrected chi connectivity index (χ1v) is 15.3. The van der Waals surface area contributed by atoms with Gasteiger partial charge in [-0.1, -0.05) is 42.1 Å². The van der Waals surface area contributed by atoms with Crippen LogP contribution in [0.25, 0.3) is 0 Å². The van der Waals surface area contributed by atoms with Gasteiger partial charge in [-0.2, -0.15) is 0 Å². The molecule has 10 heteroatoms. The fourth-order valence-electron chi connectivity index (χ4n) is 6.57. The summed E-state index contributed by atoms with van der Waals surface area (Å²) >= 11 is 3.71. The van der Waals surface area contributed by atoms with Crippen LogP contribution in [0.3, 0.4) is 0 Å². The van der Waals surface area contributed by atoms with Crippen molar-refractivity contribution in [2.75, 3.05) is 25.1 Å². The highest BCUT2D eigenvalue weighted by atomic mass is 79.9. The molecule has 2 bridgehead atoms. The largest absolute Gasteiger partial charge is 0.494 e. The summed E-state index contributed by atoms with van der Waals surface area (Å²) in [6.07, 6.45) is 4.88. The van der Waals surface area contributed by atoms with Crippen LogP contribution in [0, 0.1) is 11.8 Å². The lowest BCUT2D eigenvalue weighted by atomic mass is 9.70. The second-order valence-electron chi connectivity index (χ2n) is 11.0. The van der Waals surface area contributed by atoms with Gasteiger partial charge in [0.1, 0.15) is 17.4 Å². The number of likely N-dealkylation sites (tertiary alicyclic amines) is 1. The van der Waals surface area contributed by atoms with Gasteiger partial charge in [0.15, 0.2) is 0 Å². The Kier molecular flexibility index (Phi) is 9.93. The molecule has 4 rings (SSSR count). The number of aliphatic hydroxyl groups excluding tert-OH is 1. The van der Waals surface area contributed by atoms with E-state index in [9.17, 15) is 14.4 Å². The molecule has 1 spiro atoms. The molecule has 3 fully saturated rings. The molecule has 9 nitrogen and oxygen atoms in total. The van der Waals surface area contributed by atoms with E-state index in [0.717, 1.165) is 25.7 Å². The van der Waals surface area contributed by atoms with Crippen LogP contribution in [-0.4, -0.2) is 76.1 Å². The fraction of sp³-hybridized carbons (Fsp3) is 0.690. The van der Waals surface area contributed by atoms with Gasteiger partial charge in [-0.15, -0.1) is 0 Å². The normalized spacial score (nSPS) is 29.8. The number of anilines is 1. The average Bonchev–Trinajstić information content (AvgIpc) is 3.48. The standard InChI is InChI=1S/C29H42BrN3O6/c1-4-10-18(3)31-27(36)25-29-17-21(30)24(39-29)22(23(29)28(37)33(25)15-8-6-7-9-16-34)26(35)32-19-11-13-20(14-12-19)38-5-2/h11-14,18,21-25,34H,4-10,15-17H2,1-3H3,(H,31,36)(H,32,35)/t18?,21?,22-,23+,24-,25?,29?/m1/s1. The molecule has 216 valence electrons. The number of carbonyl (C=O) groups is 3. The van der Waals surface area contributed by atoms with E-state index >= 15 is 0 Å². The Labute approximate surface area is 239 Å². The number of carbonyl (C=O) groups excluding carboxylic acids is 3. The van der Waals surface area contributed by atoms with Crippen molar-refractivity contribution in [3.05, 3.63) is 24.3 Å². The van der Waals surface area contributed by atoms with Crippen LogP contribution in [0.4, 0.5) is 5.69 Å². The number of fused-ring (bicyclic) bond motifs is 1. The molecule has 3 aliphatic heterocycles. The third-order valence-electron chi connectivity index (χ3n) is 8.19. The minimum absolute atomic E-state index is 0.0309. The van der Waals surface area contributed by atoms with E-state index in [1.165, 1.54) is 0 Å². The Balaban J connectivity index is 1.59. The number of rotatable bonds is 14. The number of benzene rings is 1. The highest BCUT2D eigenvalue weighted by Crippen LogP contribution is 2.60. The van der Waals surface area contributed by atoms with Gasteiger partial charge in [0.25, 0.3) is 0 Å². The lowest BCUT2D eigenvalue weighted by molar-refractivity contribution is -0.141. The molecule has 3 N–H and O–H groups in total. The van der Waals surface area contributed by atoms with Crippen molar-refractivity contribution >= 4 is 39.3 Å². The van der Waals surface area contributed by atoms with E-state index in [4.69, 9.17) is 14.6 Å². The van der Waals surface area contributed by atoms with Gasteiger partial charge >= 0.3 is 0 Å². The number of halogens is 1. The zero-order valence-electron chi connectivity index (χ0n) is 23.2. The van der Waals surface area contributed by atoms with E-state index in [1.807, 2.05) is 13.8 Å². The van der Waals surface area contributed by atoms with Crippen molar-refractivity contribution in [2.45, 2.75) is 94.3 Å². The first kappa shape index (κ1) is 29.8. The van der Waals surface area contributed by atoms with Crippen LogP contribution >= 0.6 is 15.9 Å². The Morgan fingerprint density at radius 2 is 1.90 bits per heavy atom. The number of unbranched alkanes of at least 4 members (excludes halogenated alkanes) is 3. The number of nitrogens with one attached hydrogen (secondary N) is 2. The van der Waals surface area contributed by atoms with Crippen LogP contribution in [0.1, 0.15) is 65.7 Å². The van der Waals surface area contributed by atoms with Crippen molar-refractivity contribution < 1.29 is 29.0 Å². The third kappa shape index (κ3) is 5.98. The molecule has 7 atom stereocenters. The van der Waals surface area contributed by atoms with Crippen molar-refractivity contribution in [2.24, 2.45) is 11.8 Å². The van der Waals surface area contributed by atoms with Gasteiger partial charge < -0.3 is 30.1 Å². The molecule has 39 heavy (non-hydrogen) atoms. The minimum Gasteiger partial charge on any atom is -0.494 e. The zero-order valence-corrected chi connectivity index (χ0v) is 24.7. The molecule has 0 saturated carbocycles. The number of amides is 3. The van der Waals surface area contributed by atoms with E-state index in [2.05, 4.69) is 33.5 Å². The van der Waals surface area contributed by atoms with Crippen LogP contribution in [-0.2, 0) is 19.1 Å². The molecule has 0 aromatic heterocycles. The van der Waals surface area contributed by atoms with E-state index in [0.29, 0.717) is 43.9 Å². The summed E-state index contributed by atoms with van der Waals surface area (Å²) in [6.45, 7) is 7.05. The fourth-order valence-corrected chi connectivity index (χ4v) is 7.51. The molecule has 3 heterocycles. The Bertz CT molecular complexity index is 1020. The summed E-state index contributed by atoms with van der Waals surface area (Å²) in [6, 6.07) is 6.32. The van der Waals surface area contributed by atoms with Crippen LogP contribution in [0.2, 0.25) is 0 Å². The summed E-state index contributed by atoms with van der Waals surface area (Å²) in [7, 11) is 0. The minimum atomic E-state index is -1.06. The van der Waals surface area contributed by atoms with Gasteiger partial charge in [0.05, 0.1) is 24.5 Å². The summed E-state index contributed by atoms with van der Waals surface area (Å²) in [5, 5.41) is 15.2. The predicted octanol–water partition coefficient (Wildman–Crippen LogP) is 3.63. The molecule has 4 unspecified atom stereocenters. The lowest BCUT2D eigenvalue weighted by Gasteiger charge is -2.34. The number of aliphatic hydroxyl groups is 1. The van der Waals surface area contributed by atoms with Gasteiger partial charge in [0, 0.05) is 29.7 Å². The second-order valence-corrected chi connectivity index (χ2v) is 12.2. The third-order valence-corrected chi connectivity index (χ3v) is 9.04. The molecular formula is C29H42BrN3O6. The SMILES string of the molecule is CCCC(C)NC(=O)C1N(CCCCCCO)C(=O)[C@@H]2[C@@H](C(=O)Nc3ccc(OCC)cc3)[C@@H]3OC12CC3Br. The highest BCUT2D eigenvalue weighted by Gasteiger charge is 2.76. The van der Waals surface area contributed by atoms with Gasteiger partial charge in [-0.25, -0.2) is 0 Å². The second kappa shape index (κ2) is 13.0. The number of hydrogen-bond acceptors (Lipinski definition) is 6. The molecule has 3 aliphatic rings. The summed E-state index contributed by atoms with van der Waals surface area (Å²) in [4.78, 5) is 43.0. The number of ether oxygens (including phenoxy) is 2. The average molecular weight is 609 g/mol. The van der Waals surface area contributed by atoms with Crippen LogP contribution < -0.4 is 15.4 Å². The predicted molar refractivity (Wildman–Crippen MR) is 152 cm³/mol. The molecule has 1 aromatic rings. The van der Waals surface area contributed by atoms with E-state index in [1.54, 1.807) is 29.2 Å². The van der Waals surface area contributed by atoms with Crippen molar-refractivity contribution in [3.8, 4) is 5.75 Å². The van der Waals surface area contributed by atoms with Crippen molar-refractivity contribution in [1.82, 2.24) is 10.2 Å². The van der Waals surface area contributed by atoms with Gasteiger partial charge in [0.2, 0.25) is 17.7 Å². The van der Waals surface area contributed by atoms with E-state index < -0.39 is 29.6 Å². The number of hydrogen-bond donors (Lipinski definition) is 3. The smallest absolute Gasteiger partial charge is 0.246 e. The lowest BCUT2D eigenvalue weighted by Crippen LogP contribution is -2.57. The summed E-state index contributed by atoms with van der Waals surface area (Å²) < 4.78 is 12.0. The zero-order chi connectivity index (χ0) is 28.2. The summed E-state index contributed by atoms with van der Waals surface area (Å²) in [5.41, 5.74) is -0.446. The highest BCUT2D eigenvalue weighted by molar-refractivity contribution is 9.09. The molecule has 3 amide bonds.